The average molecular weight is 326 g/mol. The molecule has 0 spiro atoms. The van der Waals surface area contributed by atoms with Crippen LogP contribution in [0.1, 0.15) is 49.4 Å². The van der Waals surface area contributed by atoms with Gasteiger partial charge < -0.3 is 10.1 Å². The molecule has 1 aromatic carbocycles. The van der Waals surface area contributed by atoms with Crippen molar-refractivity contribution in [3.05, 3.63) is 27.2 Å². The maximum atomic E-state index is 5.62. The van der Waals surface area contributed by atoms with Crippen LogP contribution in [0.15, 0.2) is 10.5 Å². The van der Waals surface area contributed by atoms with Gasteiger partial charge in [-0.3, -0.25) is 0 Å². The summed E-state index contributed by atoms with van der Waals surface area (Å²) in [4.78, 5) is 0. The van der Waals surface area contributed by atoms with Crippen LogP contribution in [0.2, 0.25) is 0 Å². The van der Waals surface area contributed by atoms with Crippen molar-refractivity contribution < 1.29 is 4.74 Å². The Labute approximate surface area is 125 Å². The highest BCUT2D eigenvalue weighted by molar-refractivity contribution is 9.10. The number of methoxy groups -OCH3 is 1. The normalized spacial score (nSPS) is 22.8. The number of nitrogens with one attached hydrogen (secondary N) is 1. The van der Waals surface area contributed by atoms with Crippen molar-refractivity contribution in [3.8, 4) is 5.75 Å². The Morgan fingerprint density at radius 2 is 2.21 bits per heavy atom. The Bertz CT molecular complexity index is 459. The molecule has 19 heavy (non-hydrogen) atoms. The van der Waals surface area contributed by atoms with Crippen molar-refractivity contribution in [3.63, 3.8) is 0 Å². The molecule has 0 fully saturated rings. The van der Waals surface area contributed by atoms with E-state index in [2.05, 4.69) is 48.1 Å². The van der Waals surface area contributed by atoms with Crippen LogP contribution in [0, 0.1) is 12.8 Å². The molecule has 0 aliphatic heterocycles. The van der Waals surface area contributed by atoms with Gasteiger partial charge >= 0.3 is 0 Å². The lowest BCUT2D eigenvalue weighted by Gasteiger charge is -2.24. The molecule has 106 valence electrons. The third-order valence-electron chi connectivity index (χ3n) is 4.10. The molecule has 2 rings (SSSR count). The number of hydrogen-bond donors (Lipinski definition) is 1. The van der Waals surface area contributed by atoms with E-state index in [-0.39, 0.29) is 0 Å². The predicted molar refractivity (Wildman–Crippen MR) is 84.0 cm³/mol. The summed E-state index contributed by atoms with van der Waals surface area (Å²) in [6.45, 7) is 7.67. The van der Waals surface area contributed by atoms with Gasteiger partial charge in [0.1, 0.15) is 5.75 Å². The van der Waals surface area contributed by atoms with Crippen molar-refractivity contribution in [2.75, 3.05) is 13.7 Å². The monoisotopic (exact) mass is 325 g/mol. The van der Waals surface area contributed by atoms with Gasteiger partial charge in [0.05, 0.1) is 7.11 Å². The Hall–Kier alpha value is -0.540. The molecule has 0 saturated heterocycles. The molecule has 0 radical (unpaired) electrons. The summed E-state index contributed by atoms with van der Waals surface area (Å²) in [5.74, 6) is 1.79. The van der Waals surface area contributed by atoms with Crippen molar-refractivity contribution in [2.24, 2.45) is 5.92 Å². The molecule has 2 atom stereocenters. The molecule has 1 N–H and O–H groups in total. The van der Waals surface area contributed by atoms with E-state index in [9.17, 15) is 0 Å². The number of halogens is 1. The smallest absolute Gasteiger partial charge is 0.122 e. The lowest BCUT2D eigenvalue weighted by molar-refractivity contribution is 0.407. The summed E-state index contributed by atoms with van der Waals surface area (Å²) in [5, 5.41) is 3.64. The van der Waals surface area contributed by atoms with E-state index < -0.39 is 0 Å². The van der Waals surface area contributed by atoms with E-state index in [1.165, 1.54) is 34.0 Å². The van der Waals surface area contributed by atoms with Gasteiger partial charge in [-0.05, 0) is 55.8 Å². The zero-order valence-electron chi connectivity index (χ0n) is 12.3. The van der Waals surface area contributed by atoms with Crippen molar-refractivity contribution in [2.45, 2.75) is 46.1 Å². The number of ether oxygens (including phenoxy) is 1. The molecule has 0 aromatic heterocycles. The quantitative estimate of drug-likeness (QED) is 0.832. The highest BCUT2D eigenvalue weighted by atomic mass is 79.9. The fourth-order valence-corrected chi connectivity index (χ4v) is 3.72. The zero-order chi connectivity index (χ0) is 14.0. The first-order chi connectivity index (χ1) is 9.08. The lowest BCUT2D eigenvalue weighted by atomic mass is 9.95. The Balaban J connectivity index is 2.57. The van der Waals surface area contributed by atoms with Crippen LogP contribution in [0.4, 0.5) is 0 Å². The van der Waals surface area contributed by atoms with Gasteiger partial charge in [0, 0.05) is 16.1 Å². The molecule has 0 heterocycles. The molecular formula is C16H24BrNO. The highest BCUT2D eigenvalue weighted by Gasteiger charge is 2.27. The fraction of sp³-hybridized carbons (Fsp3) is 0.625. The standard InChI is InChI=1S/C16H24BrNO/c1-5-18-13-8-10(2)6-7-12-14(19-4)9-11(3)16(17)15(12)13/h9-10,13,18H,5-8H2,1-4H3. The molecule has 1 aliphatic carbocycles. The van der Waals surface area contributed by atoms with Crippen LogP contribution in [-0.4, -0.2) is 13.7 Å². The third kappa shape index (κ3) is 2.97. The first kappa shape index (κ1) is 14.9. The van der Waals surface area contributed by atoms with Gasteiger partial charge in [-0.15, -0.1) is 0 Å². The van der Waals surface area contributed by atoms with Crippen LogP contribution in [0.25, 0.3) is 0 Å². The number of benzene rings is 1. The average Bonchev–Trinajstić information content (AvgIpc) is 2.54. The van der Waals surface area contributed by atoms with Gasteiger partial charge in [0.2, 0.25) is 0 Å². The van der Waals surface area contributed by atoms with E-state index in [1.54, 1.807) is 7.11 Å². The van der Waals surface area contributed by atoms with Gasteiger partial charge in [-0.1, -0.05) is 29.8 Å². The second-order valence-electron chi connectivity index (χ2n) is 5.59. The van der Waals surface area contributed by atoms with Gasteiger partial charge in [-0.2, -0.15) is 0 Å². The second-order valence-corrected chi connectivity index (χ2v) is 6.38. The van der Waals surface area contributed by atoms with Crippen molar-refractivity contribution in [1.82, 2.24) is 5.32 Å². The van der Waals surface area contributed by atoms with Crippen LogP contribution in [0.5, 0.6) is 5.75 Å². The van der Waals surface area contributed by atoms with E-state index in [4.69, 9.17) is 4.74 Å². The predicted octanol–water partition coefficient (Wildman–Crippen LogP) is 4.39. The number of fused-ring (bicyclic) bond motifs is 1. The highest BCUT2D eigenvalue weighted by Crippen LogP contribution is 2.42. The minimum Gasteiger partial charge on any atom is -0.496 e. The number of hydrogen-bond acceptors (Lipinski definition) is 2. The first-order valence-corrected chi connectivity index (χ1v) is 7.97. The molecule has 3 heteroatoms. The van der Waals surface area contributed by atoms with Crippen LogP contribution < -0.4 is 10.1 Å². The minimum atomic E-state index is 0.431. The van der Waals surface area contributed by atoms with E-state index >= 15 is 0 Å². The summed E-state index contributed by atoms with van der Waals surface area (Å²) in [6.07, 6.45) is 3.55. The molecule has 0 saturated carbocycles. The van der Waals surface area contributed by atoms with Gasteiger partial charge in [0.15, 0.2) is 0 Å². The first-order valence-electron chi connectivity index (χ1n) is 7.17. The lowest BCUT2D eigenvalue weighted by Crippen LogP contribution is -2.23. The van der Waals surface area contributed by atoms with Crippen LogP contribution >= 0.6 is 15.9 Å². The van der Waals surface area contributed by atoms with E-state index in [1.807, 2.05) is 0 Å². The summed E-state index contributed by atoms with van der Waals surface area (Å²) in [6, 6.07) is 2.59. The molecule has 2 nitrogen and oxygen atoms in total. The third-order valence-corrected chi connectivity index (χ3v) is 5.15. The molecule has 0 amide bonds. The SMILES string of the molecule is CCNC1CC(C)CCc2c(OC)cc(C)c(Br)c21. The summed E-state index contributed by atoms with van der Waals surface area (Å²) in [7, 11) is 1.78. The maximum Gasteiger partial charge on any atom is 0.122 e. The van der Waals surface area contributed by atoms with Crippen molar-refractivity contribution >= 4 is 15.9 Å². The molecule has 2 unspecified atom stereocenters. The Kier molecular flexibility index (Phi) is 4.91. The van der Waals surface area contributed by atoms with Crippen LogP contribution in [0.3, 0.4) is 0 Å². The summed E-state index contributed by atoms with van der Waals surface area (Å²) >= 11 is 3.80. The topological polar surface area (TPSA) is 21.3 Å². The van der Waals surface area contributed by atoms with E-state index in [0.29, 0.717) is 6.04 Å². The Morgan fingerprint density at radius 3 is 2.84 bits per heavy atom. The molecular weight excluding hydrogens is 302 g/mol. The van der Waals surface area contributed by atoms with E-state index in [0.717, 1.165) is 24.6 Å². The maximum absolute atomic E-state index is 5.62. The fourth-order valence-electron chi connectivity index (χ4n) is 3.09. The second kappa shape index (κ2) is 6.27. The van der Waals surface area contributed by atoms with Crippen molar-refractivity contribution in [1.29, 1.82) is 0 Å². The molecule has 1 aromatic rings. The number of aryl methyl sites for hydroxylation is 1. The summed E-state index contributed by atoms with van der Waals surface area (Å²) < 4.78 is 6.87. The number of rotatable bonds is 3. The zero-order valence-corrected chi connectivity index (χ0v) is 13.9. The molecule has 0 bridgehead atoms. The molecule has 1 aliphatic rings. The Morgan fingerprint density at radius 1 is 1.47 bits per heavy atom. The largest absolute Gasteiger partial charge is 0.496 e. The van der Waals surface area contributed by atoms with Gasteiger partial charge in [-0.25, -0.2) is 0 Å². The van der Waals surface area contributed by atoms with Crippen LogP contribution in [-0.2, 0) is 6.42 Å². The minimum absolute atomic E-state index is 0.431. The summed E-state index contributed by atoms with van der Waals surface area (Å²) in [5.41, 5.74) is 4.06. The van der Waals surface area contributed by atoms with Gasteiger partial charge in [0.25, 0.3) is 0 Å².